The fourth-order valence-corrected chi connectivity index (χ4v) is 4.20. The number of aryl methyl sites for hydroxylation is 1. The Morgan fingerprint density at radius 2 is 2.06 bits per heavy atom. The summed E-state index contributed by atoms with van der Waals surface area (Å²) in [7, 11) is 0. The second-order valence-corrected chi connectivity index (χ2v) is 10.0. The fraction of sp³-hybridized carbons (Fsp3) is 0.385. The van der Waals surface area contributed by atoms with Gasteiger partial charge in [-0.3, -0.25) is 9.48 Å². The minimum absolute atomic E-state index is 0.0381. The number of nitrogens with one attached hydrogen (secondary N) is 1. The van der Waals surface area contributed by atoms with E-state index in [1.54, 1.807) is 22.0 Å². The van der Waals surface area contributed by atoms with Crippen LogP contribution < -0.4 is 5.32 Å². The van der Waals surface area contributed by atoms with E-state index in [2.05, 4.69) is 36.2 Å². The monoisotopic (exact) mass is 474 g/mol. The van der Waals surface area contributed by atoms with Gasteiger partial charge in [0.25, 0.3) is 0 Å². The van der Waals surface area contributed by atoms with Crippen molar-refractivity contribution in [3.8, 4) is 22.6 Å². The zero-order valence-corrected chi connectivity index (χ0v) is 20.2. The summed E-state index contributed by atoms with van der Waals surface area (Å²) in [6.45, 7) is 7.73. The summed E-state index contributed by atoms with van der Waals surface area (Å²) >= 11 is 0. The number of carbonyl (C=O) groups is 1. The number of benzene rings is 1. The van der Waals surface area contributed by atoms with E-state index >= 15 is 0 Å². The summed E-state index contributed by atoms with van der Waals surface area (Å²) < 4.78 is 7.82. The summed E-state index contributed by atoms with van der Waals surface area (Å²) in [5, 5.41) is 17.5. The summed E-state index contributed by atoms with van der Waals surface area (Å²) in [4.78, 5) is 23.5. The van der Waals surface area contributed by atoms with Crippen LogP contribution in [0.2, 0.25) is 0 Å². The van der Waals surface area contributed by atoms with Gasteiger partial charge in [0.15, 0.2) is 5.58 Å². The van der Waals surface area contributed by atoms with Gasteiger partial charge in [-0.05, 0) is 45.4 Å². The van der Waals surface area contributed by atoms with Crippen molar-refractivity contribution in [1.82, 2.24) is 24.6 Å². The molecule has 9 heteroatoms. The molecule has 3 aromatic heterocycles. The predicted octanol–water partition coefficient (Wildman–Crippen LogP) is 3.95. The fourth-order valence-electron chi connectivity index (χ4n) is 4.20. The van der Waals surface area contributed by atoms with Crippen LogP contribution in [-0.4, -0.2) is 60.4 Å². The van der Waals surface area contributed by atoms with Crippen molar-refractivity contribution in [2.45, 2.75) is 51.8 Å². The van der Waals surface area contributed by atoms with Crippen LogP contribution in [0.25, 0.3) is 33.7 Å². The SMILES string of the molecule is CC(C)(C)Nc1ncc(-c2cnn(CCC(=O)N3CCC(O)C3)c2)cc1-c1nc2ccccc2o1. The van der Waals surface area contributed by atoms with E-state index in [0.717, 1.165) is 27.8 Å². The number of amides is 1. The Bertz CT molecular complexity index is 1320. The lowest BCUT2D eigenvalue weighted by Crippen LogP contribution is -2.30. The maximum absolute atomic E-state index is 12.4. The number of pyridine rings is 1. The summed E-state index contributed by atoms with van der Waals surface area (Å²) in [5.41, 5.74) is 3.85. The molecule has 0 saturated carbocycles. The lowest BCUT2D eigenvalue weighted by Gasteiger charge is -2.22. The van der Waals surface area contributed by atoms with Crippen LogP contribution in [0.1, 0.15) is 33.6 Å². The number of oxazole rings is 1. The third kappa shape index (κ3) is 5.19. The molecule has 1 fully saturated rings. The topological polar surface area (TPSA) is 109 Å². The van der Waals surface area contributed by atoms with Crippen molar-refractivity contribution < 1.29 is 14.3 Å². The lowest BCUT2D eigenvalue weighted by atomic mass is 10.1. The first-order valence-electron chi connectivity index (χ1n) is 11.9. The molecule has 35 heavy (non-hydrogen) atoms. The molecule has 0 spiro atoms. The van der Waals surface area contributed by atoms with E-state index in [1.807, 2.05) is 36.5 Å². The maximum Gasteiger partial charge on any atom is 0.231 e. The first-order valence-corrected chi connectivity index (χ1v) is 11.9. The first kappa shape index (κ1) is 23.0. The van der Waals surface area contributed by atoms with Gasteiger partial charge in [-0.1, -0.05) is 12.1 Å². The summed E-state index contributed by atoms with van der Waals surface area (Å²) in [5.74, 6) is 1.23. The number of aliphatic hydroxyl groups is 1. The van der Waals surface area contributed by atoms with E-state index in [9.17, 15) is 9.90 Å². The van der Waals surface area contributed by atoms with Gasteiger partial charge < -0.3 is 19.7 Å². The molecular formula is C26H30N6O3. The van der Waals surface area contributed by atoms with Gasteiger partial charge in [0.2, 0.25) is 11.8 Å². The average molecular weight is 475 g/mol. The van der Waals surface area contributed by atoms with Crippen molar-refractivity contribution in [1.29, 1.82) is 0 Å². The number of anilines is 1. The number of β-amino-alcohol motifs (C(OH)–C–C–N with tert-alkyl or cyclic N) is 1. The van der Waals surface area contributed by atoms with Gasteiger partial charge in [0.05, 0.1) is 17.9 Å². The molecule has 9 nitrogen and oxygen atoms in total. The molecule has 4 aromatic rings. The highest BCUT2D eigenvalue weighted by atomic mass is 16.3. The highest BCUT2D eigenvalue weighted by molar-refractivity contribution is 5.81. The smallest absolute Gasteiger partial charge is 0.231 e. The molecule has 0 aliphatic carbocycles. The van der Waals surface area contributed by atoms with Crippen LogP contribution in [0.15, 0.2) is 53.3 Å². The molecule has 4 heterocycles. The predicted molar refractivity (Wildman–Crippen MR) is 134 cm³/mol. The molecule has 1 amide bonds. The minimum Gasteiger partial charge on any atom is -0.436 e. The highest BCUT2D eigenvalue weighted by Gasteiger charge is 2.24. The van der Waals surface area contributed by atoms with Gasteiger partial charge in [0, 0.05) is 55.1 Å². The van der Waals surface area contributed by atoms with Gasteiger partial charge in [-0.25, -0.2) is 9.97 Å². The number of rotatable bonds is 6. The number of hydrogen-bond donors (Lipinski definition) is 2. The molecule has 1 unspecified atom stereocenters. The standard InChI is InChI=1S/C26H30N6O3/c1-26(2,3)30-24-20(25-29-21-6-4-5-7-22(21)35-25)12-17(13-27-24)18-14-28-32(15-18)11-9-23(34)31-10-8-19(33)16-31/h4-7,12-15,19,33H,8-11,16H2,1-3H3,(H,27,30). The molecule has 182 valence electrons. The van der Waals surface area contributed by atoms with Crippen molar-refractivity contribution in [3.63, 3.8) is 0 Å². The number of para-hydroxylation sites is 2. The molecule has 1 saturated heterocycles. The molecule has 1 aliphatic rings. The Labute approximate surface area is 203 Å². The van der Waals surface area contributed by atoms with E-state index < -0.39 is 6.10 Å². The van der Waals surface area contributed by atoms with E-state index in [0.29, 0.717) is 44.2 Å². The molecule has 5 rings (SSSR count). The van der Waals surface area contributed by atoms with E-state index in [-0.39, 0.29) is 11.4 Å². The molecule has 0 radical (unpaired) electrons. The molecular weight excluding hydrogens is 444 g/mol. The van der Waals surface area contributed by atoms with E-state index in [1.165, 1.54) is 0 Å². The number of carbonyl (C=O) groups excluding carboxylic acids is 1. The summed E-state index contributed by atoms with van der Waals surface area (Å²) in [6.07, 6.45) is 6.07. The number of aromatic nitrogens is 4. The van der Waals surface area contributed by atoms with Gasteiger partial charge in [-0.15, -0.1) is 0 Å². The van der Waals surface area contributed by atoms with Crippen molar-refractivity contribution in [3.05, 3.63) is 48.9 Å². The summed E-state index contributed by atoms with van der Waals surface area (Å²) in [6, 6.07) is 9.68. The Morgan fingerprint density at radius 1 is 1.23 bits per heavy atom. The van der Waals surface area contributed by atoms with Crippen LogP contribution in [-0.2, 0) is 11.3 Å². The molecule has 0 bridgehead atoms. The first-order chi connectivity index (χ1) is 16.7. The maximum atomic E-state index is 12.4. The largest absolute Gasteiger partial charge is 0.436 e. The quantitative estimate of drug-likeness (QED) is 0.435. The van der Waals surface area contributed by atoms with Crippen LogP contribution in [0.4, 0.5) is 5.82 Å². The van der Waals surface area contributed by atoms with Gasteiger partial charge in [0.1, 0.15) is 11.3 Å². The van der Waals surface area contributed by atoms with Crippen LogP contribution in [0.5, 0.6) is 0 Å². The Hall–Kier alpha value is -3.72. The normalized spacial score (nSPS) is 16.2. The van der Waals surface area contributed by atoms with Gasteiger partial charge >= 0.3 is 0 Å². The molecule has 1 aromatic carbocycles. The average Bonchev–Trinajstić information content (AvgIpc) is 3.56. The Balaban J connectivity index is 1.40. The minimum atomic E-state index is -0.408. The molecule has 1 aliphatic heterocycles. The van der Waals surface area contributed by atoms with Crippen molar-refractivity contribution in [2.75, 3.05) is 18.4 Å². The number of likely N-dealkylation sites (tertiary alicyclic amines) is 1. The second-order valence-electron chi connectivity index (χ2n) is 10.0. The second kappa shape index (κ2) is 9.14. The van der Waals surface area contributed by atoms with Crippen LogP contribution in [0.3, 0.4) is 0 Å². The Kier molecular flexibility index (Phi) is 6.02. The zero-order chi connectivity index (χ0) is 24.6. The van der Waals surface area contributed by atoms with E-state index in [4.69, 9.17) is 9.40 Å². The molecule has 1 atom stereocenters. The number of aliphatic hydroxyl groups excluding tert-OH is 1. The third-order valence-corrected chi connectivity index (χ3v) is 5.94. The lowest BCUT2D eigenvalue weighted by molar-refractivity contribution is -0.130. The van der Waals surface area contributed by atoms with Crippen molar-refractivity contribution >= 4 is 22.8 Å². The van der Waals surface area contributed by atoms with Crippen LogP contribution in [0, 0.1) is 0 Å². The highest BCUT2D eigenvalue weighted by Crippen LogP contribution is 2.33. The number of fused-ring (bicyclic) bond motifs is 1. The Morgan fingerprint density at radius 3 is 2.80 bits per heavy atom. The third-order valence-electron chi connectivity index (χ3n) is 5.94. The number of nitrogens with zero attached hydrogens (tertiary/aromatic N) is 5. The molecule has 2 N–H and O–H groups in total. The van der Waals surface area contributed by atoms with Crippen molar-refractivity contribution in [2.24, 2.45) is 0 Å². The van der Waals surface area contributed by atoms with Crippen LogP contribution >= 0.6 is 0 Å². The zero-order valence-electron chi connectivity index (χ0n) is 20.2. The van der Waals surface area contributed by atoms with Gasteiger partial charge in [-0.2, -0.15) is 5.10 Å². The number of hydrogen-bond acceptors (Lipinski definition) is 7.